The highest BCUT2D eigenvalue weighted by Crippen LogP contribution is 2.46. The number of esters is 1. The van der Waals surface area contributed by atoms with E-state index in [9.17, 15) is 19.2 Å². The van der Waals surface area contributed by atoms with Gasteiger partial charge in [0.2, 0.25) is 5.91 Å². The maximum atomic E-state index is 13.4. The maximum absolute atomic E-state index is 13.4. The highest BCUT2D eigenvalue weighted by atomic mass is 79.9. The molecule has 0 aliphatic carbocycles. The Bertz CT molecular complexity index is 1570. The lowest BCUT2D eigenvalue weighted by atomic mass is 10.1. The van der Waals surface area contributed by atoms with Crippen molar-refractivity contribution in [2.45, 2.75) is 27.2 Å². The van der Waals surface area contributed by atoms with E-state index in [0.29, 0.717) is 29.1 Å². The summed E-state index contributed by atoms with van der Waals surface area (Å²) in [5.41, 5.74) is 4.31. The van der Waals surface area contributed by atoms with Crippen LogP contribution in [0.4, 0.5) is 11.4 Å². The lowest BCUT2D eigenvalue weighted by Gasteiger charge is -2.20. The molecule has 5 rings (SSSR count). The van der Waals surface area contributed by atoms with E-state index in [0.717, 1.165) is 21.7 Å². The summed E-state index contributed by atoms with van der Waals surface area (Å²) in [7, 11) is 0. The van der Waals surface area contributed by atoms with Crippen molar-refractivity contribution in [1.29, 1.82) is 0 Å². The van der Waals surface area contributed by atoms with Crippen LogP contribution in [0.3, 0.4) is 0 Å². The molecule has 3 aromatic carbocycles. The van der Waals surface area contributed by atoms with Gasteiger partial charge in [0.05, 0.1) is 22.7 Å². The molecule has 2 aliphatic heterocycles. The molecule has 39 heavy (non-hydrogen) atoms. The number of amides is 3. The van der Waals surface area contributed by atoms with Gasteiger partial charge in [-0.1, -0.05) is 12.1 Å². The first kappa shape index (κ1) is 28.2. The van der Waals surface area contributed by atoms with Crippen molar-refractivity contribution in [2.24, 2.45) is 5.92 Å². The number of halogens is 4. The fourth-order valence-corrected chi connectivity index (χ4v) is 7.29. The first-order chi connectivity index (χ1) is 18.4. The molecule has 0 unspecified atom stereocenters. The number of nitrogens with zero attached hydrogens (tertiary/aromatic N) is 2. The summed E-state index contributed by atoms with van der Waals surface area (Å²) in [6.45, 7) is 5.91. The second-order valence-corrected chi connectivity index (χ2v) is 12.6. The first-order valence-corrected chi connectivity index (χ1v) is 15.0. The molecule has 3 aromatic rings. The van der Waals surface area contributed by atoms with Gasteiger partial charge < -0.3 is 9.64 Å². The summed E-state index contributed by atoms with van der Waals surface area (Å²) >= 11 is 13.7. The van der Waals surface area contributed by atoms with Crippen molar-refractivity contribution in [1.82, 2.24) is 0 Å². The lowest BCUT2D eigenvalue weighted by molar-refractivity contribution is -0.139. The third kappa shape index (κ3) is 4.71. The van der Waals surface area contributed by atoms with E-state index in [2.05, 4.69) is 63.7 Å². The predicted octanol–water partition coefficient (Wildman–Crippen LogP) is 7.42. The van der Waals surface area contributed by atoms with Crippen molar-refractivity contribution in [3.05, 3.63) is 82.1 Å². The molecule has 1 fully saturated rings. The van der Waals surface area contributed by atoms with E-state index in [-0.39, 0.29) is 35.7 Å². The highest BCUT2D eigenvalue weighted by molar-refractivity contribution is 9.15. The Morgan fingerprint density at radius 2 is 1.44 bits per heavy atom. The Hall–Kier alpha value is -2.34. The Morgan fingerprint density at radius 1 is 0.821 bits per heavy atom. The van der Waals surface area contributed by atoms with E-state index in [1.807, 2.05) is 32.0 Å². The van der Waals surface area contributed by atoms with Gasteiger partial charge in [0, 0.05) is 36.5 Å². The number of hydrogen-bond acceptors (Lipinski definition) is 5. The molecule has 2 aliphatic rings. The van der Waals surface area contributed by atoms with Crippen molar-refractivity contribution < 1.29 is 23.9 Å². The number of rotatable bonds is 4. The summed E-state index contributed by atoms with van der Waals surface area (Å²) in [4.78, 5) is 55.2. The zero-order valence-electron chi connectivity index (χ0n) is 20.9. The largest absolute Gasteiger partial charge is 0.426 e. The van der Waals surface area contributed by atoms with Gasteiger partial charge >= 0.3 is 5.97 Å². The number of benzene rings is 3. The fourth-order valence-electron chi connectivity index (χ4n) is 4.84. The Labute approximate surface area is 258 Å². The molecule has 0 saturated carbocycles. The maximum Gasteiger partial charge on any atom is 0.316 e. The molecule has 1 atom stereocenters. The van der Waals surface area contributed by atoms with Gasteiger partial charge in [-0.2, -0.15) is 0 Å². The Morgan fingerprint density at radius 3 is 2.03 bits per heavy atom. The zero-order valence-corrected chi connectivity index (χ0v) is 27.2. The van der Waals surface area contributed by atoms with Gasteiger partial charge in [0.1, 0.15) is 5.75 Å². The van der Waals surface area contributed by atoms with Crippen molar-refractivity contribution in [3.63, 3.8) is 0 Å². The zero-order chi connectivity index (χ0) is 28.3. The number of aryl methyl sites for hydroxylation is 2. The third-order valence-corrected chi connectivity index (χ3v) is 11.8. The number of ether oxygens (including phenoxy) is 1. The van der Waals surface area contributed by atoms with Crippen LogP contribution in [-0.4, -0.2) is 30.2 Å². The topological polar surface area (TPSA) is 84.0 Å². The van der Waals surface area contributed by atoms with Crippen LogP contribution < -0.4 is 14.5 Å². The Kier molecular flexibility index (Phi) is 7.64. The van der Waals surface area contributed by atoms with Crippen molar-refractivity contribution in [3.8, 4) is 5.75 Å². The summed E-state index contributed by atoms with van der Waals surface area (Å²) < 4.78 is 7.79. The van der Waals surface area contributed by atoms with Crippen LogP contribution in [0, 0.1) is 26.7 Å². The number of anilines is 2. The second kappa shape index (κ2) is 10.6. The molecule has 3 amide bonds. The summed E-state index contributed by atoms with van der Waals surface area (Å²) in [6.07, 6.45) is 0.0627. The molecule has 0 N–H and O–H groups in total. The van der Waals surface area contributed by atoms with Gasteiger partial charge in [-0.15, -0.1) is 0 Å². The molecular formula is C28H20Br4N2O5. The molecule has 7 nitrogen and oxygen atoms in total. The normalized spacial score (nSPS) is 16.8. The number of imide groups is 1. The van der Waals surface area contributed by atoms with E-state index < -0.39 is 23.7 Å². The molecule has 11 heteroatoms. The van der Waals surface area contributed by atoms with E-state index in [4.69, 9.17) is 4.74 Å². The van der Waals surface area contributed by atoms with Crippen LogP contribution in [0.15, 0.2) is 54.3 Å². The predicted molar refractivity (Wildman–Crippen MR) is 162 cm³/mol. The van der Waals surface area contributed by atoms with Gasteiger partial charge in [-0.3, -0.25) is 19.2 Å². The van der Waals surface area contributed by atoms with Gasteiger partial charge in [0.15, 0.2) is 0 Å². The SMILES string of the molecule is Cc1cc(OC(=O)[C@H]2CC(=O)N(c3cccc(C)c3C)C2)ccc1N1C(=O)c2c(Br)c(Br)c(Br)c(Br)c2C1=O. The minimum atomic E-state index is -0.611. The molecule has 0 radical (unpaired) electrons. The summed E-state index contributed by atoms with van der Waals surface area (Å²) in [5, 5.41) is 0. The fraction of sp³-hybridized carbons (Fsp3) is 0.214. The summed E-state index contributed by atoms with van der Waals surface area (Å²) in [5.74, 6) is -1.92. The molecule has 200 valence electrons. The minimum Gasteiger partial charge on any atom is -0.426 e. The van der Waals surface area contributed by atoms with Crippen LogP contribution in [0.1, 0.15) is 43.8 Å². The standard InChI is InChI=1S/C28H20Br4N2O5/c1-12-5-4-6-18(14(12)3)33-11-15(10-19(33)35)28(38)39-16-7-8-17(13(2)9-16)34-26(36)20-21(27(34)37)23(30)25(32)24(31)22(20)29/h4-9,15H,10-11H2,1-3H3/t15-/m0/s1. The van der Waals surface area contributed by atoms with Crippen LogP contribution >= 0.6 is 63.7 Å². The average Bonchev–Trinajstić information content (AvgIpc) is 3.40. The van der Waals surface area contributed by atoms with Crippen molar-refractivity contribution in [2.75, 3.05) is 16.3 Å². The van der Waals surface area contributed by atoms with Crippen LogP contribution in [0.5, 0.6) is 5.75 Å². The number of carbonyl (C=O) groups excluding carboxylic acids is 4. The average molecular weight is 784 g/mol. The molecule has 0 bridgehead atoms. The first-order valence-electron chi connectivity index (χ1n) is 11.9. The number of hydrogen-bond donors (Lipinski definition) is 0. The minimum absolute atomic E-state index is 0.0627. The van der Waals surface area contributed by atoms with Gasteiger partial charge in [0.25, 0.3) is 11.8 Å². The molecule has 2 heterocycles. The number of carbonyl (C=O) groups is 4. The van der Waals surface area contributed by atoms with E-state index >= 15 is 0 Å². The molecule has 0 aromatic heterocycles. The van der Waals surface area contributed by atoms with Gasteiger partial charge in [-0.05, 0) is 125 Å². The number of fused-ring (bicyclic) bond motifs is 1. The smallest absolute Gasteiger partial charge is 0.316 e. The lowest BCUT2D eigenvalue weighted by Crippen LogP contribution is -2.30. The van der Waals surface area contributed by atoms with E-state index in [1.165, 1.54) is 0 Å². The van der Waals surface area contributed by atoms with Crippen LogP contribution in [0.2, 0.25) is 0 Å². The quantitative estimate of drug-likeness (QED) is 0.0905. The molecule has 1 saturated heterocycles. The Balaban J connectivity index is 1.35. The van der Waals surface area contributed by atoms with Crippen molar-refractivity contribution >= 4 is 98.8 Å². The van der Waals surface area contributed by atoms with Crippen LogP contribution in [0.25, 0.3) is 0 Å². The monoisotopic (exact) mass is 780 g/mol. The van der Waals surface area contributed by atoms with Crippen LogP contribution in [-0.2, 0) is 9.59 Å². The summed E-state index contributed by atoms with van der Waals surface area (Å²) in [6, 6.07) is 10.5. The van der Waals surface area contributed by atoms with E-state index in [1.54, 1.807) is 30.0 Å². The molecular weight excluding hydrogens is 764 g/mol. The molecule has 0 spiro atoms. The highest BCUT2D eigenvalue weighted by Gasteiger charge is 2.42. The van der Waals surface area contributed by atoms with Gasteiger partial charge in [-0.25, -0.2) is 4.90 Å². The third-order valence-electron chi connectivity index (χ3n) is 7.05. The second-order valence-electron chi connectivity index (χ2n) is 9.45.